The lowest BCUT2D eigenvalue weighted by molar-refractivity contribution is 0.0600. The Morgan fingerprint density at radius 2 is 2.11 bits per heavy atom. The van der Waals surface area contributed by atoms with Gasteiger partial charge in [-0.15, -0.1) is 0 Å². The molecule has 1 aromatic heterocycles. The fourth-order valence-corrected chi connectivity index (χ4v) is 1.80. The molecule has 0 aliphatic rings. The molecule has 0 saturated carbocycles. The van der Waals surface area contributed by atoms with E-state index in [2.05, 4.69) is 0 Å². The van der Waals surface area contributed by atoms with Crippen LogP contribution in [0, 0.1) is 6.92 Å². The molecule has 18 heavy (non-hydrogen) atoms. The number of benzene rings is 1. The number of aryl methyl sites for hydroxylation is 1. The first kappa shape index (κ1) is 12.5. The predicted molar refractivity (Wildman–Crippen MR) is 68.1 cm³/mol. The fraction of sp³-hybridized carbons (Fsp3) is 0.357. The van der Waals surface area contributed by atoms with Gasteiger partial charge in [-0.2, -0.15) is 0 Å². The van der Waals surface area contributed by atoms with Gasteiger partial charge in [0.2, 0.25) is 0 Å². The van der Waals surface area contributed by atoms with Crippen LogP contribution in [0.25, 0.3) is 11.0 Å². The SMILES string of the molecule is CCCOc1cc(C(=O)OC)cc2oc(C)cc12. The summed E-state index contributed by atoms with van der Waals surface area (Å²) in [4.78, 5) is 11.6. The summed E-state index contributed by atoms with van der Waals surface area (Å²) in [5.74, 6) is 1.05. The van der Waals surface area contributed by atoms with Gasteiger partial charge in [0.1, 0.15) is 17.1 Å². The Kier molecular flexibility index (Phi) is 3.55. The number of furan rings is 1. The zero-order chi connectivity index (χ0) is 13.1. The van der Waals surface area contributed by atoms with E-state index in [4.69, 9.17) is 13.9 Å². The number of hydrogen-bond donors (Lipinski definition) is 0. The van der Waals surface area contributed by atoms with Crippen molar-refractivity contribution in [2.45, 2.75) is 20.3 Å². The van der Waals surface area contributed by atoms with Crippen LogP contribution in [0.4, 0.5) is 0 Å². The highest BCUT2D eigenvalue weighted by atomic mass is 16.5. The fourth-order valence-electron chi connectivity index (χ4n) is 1.80. The van der Waals surface area contributed by atoms with E-state index < -0.39 is 5.97 Å². The Morgan fingerprint density at radius 1 is 1.33 bits per heavy atom. The van der Waals surface area contributed by atoms with Crippen LogP contribution in [-0.2, 0) is 4.74 Å². The molecule has 4 nitrogen and oxygen atoms in total. The first-order valence-electron chi connectivity index (χ1n) is 5.91. The highest BCUT2D eigenvalue weighted by Gasteiger charge is 2.14. The summed E-state index contributed by atoms with van der Waals surface area (Å²) in [7, 11) is 1.35. The maximum Gasteiger partial charge on any atom is 0.338 e. The molecule has 1 heterocycles. The lowest BCUT2D eigenvalue weighted by Gasteiger charge is -2.07. The van der Waals surface area contributed by atoms with E-state index >= 15 is 0 Å². The molecule has 2 aromatic rings. The molecule has 0 aliphatic carbocycles. The van der Waals surface area contributed by atoms with E-state index in [0.29, 0.717) is 23.5 Å². The highest BCUT2D eigenvalue weighted by Crippen LogP contribution is 2.30. The van der Waals surface area contributed by atoms with E-state index in [1.54, 1.807) is 12.1 Å². The summed E-state index contributed by atoms with van der Waals surface area (Å²) in [6.45, 7) is 4.49. The van der Waals surface area contributed by atoms with Crippen molar-refractivity contribution in [1.82, 2.24) is 0 Å². The molecule has 4 heteroatoms. The second-order valence-electron chi connectivity index (χ2n) is 4.08. The normalized spacial score (nSPS) is 10.6. The Labute approximate surface area is 105 Å². The third-order valence-corrected chi connectivity index (χ3v) is 2.61. The van der Waals surface area contributed by atoms with Gasteiger partial charge in [0.15, 0.2) is 0 Å². The molecule has 2 rings (SSSR count). The van der Waals surface area contributed by atoms with Gasteiger partial charge in [-0.3, -0.25) is 0 Å². The number of fused-ring (bicyclic) bond motifs is 1. The lowest BCUT2D eigenvalue weighted by atomic mass is 10.1. The summed E-state index contributed by atoms with van der Waals surface area (Å²) in [6.07, 6.45) is 0.904. The largest absolute Gasteiger partial charge is 0.493 e. The minimum Gasteiger partial charge on any atom is -0.493 e. The van der Waals surface area contributed by atoms with Gasteiger partial charge in [0, 0.05) is 0 Å². The Morgan fingerprint density at radius 3 is 2.78 bits per heavy atom. The number of carbonyl (C=O) groups is 1. The number of methoxy groups -OCH3 is 1. The number of esters is 1. The smallest absolute Gasteiger partial charge is 0.338 e. The lowest BCUT2D eigenvalue weighted by Crippen LogP contribution is -2.02. The predicted octanol–water partition coefficient (Wildman–Crippen LogP) is 3.32. The first-order chi connectivity index (χ1) is 8.65. The van der Waals surface area contributed by atoms with E-state index in [1.807, 2.05) is 19.9 Å². The van der Waals surface area contributed by atoms with Crippen molar-refractivity contribution in [3.05, 3.63) is 29.5 Å². The van der Waals surface area contributed by atoms with Crippen LogP contribution >= 0.6 is 0 Å². The van der Waals surface area contributed by atoms with Gasteiger partial charge < -0.3 is 13.9 Å². The monoisotopic (exact) mass is 248 g/mol. The minimum atomic E-state index is -0.396. The molecule has 96 valence electrons. The summed E-state index contributed by atoms with van der Waals surface area (Å²) < 4.78 is 15.9. The van der Waals surface area contributed by atoms with E-state index in [9.17, 15) is 4.79 Å². The van der Waals surface area contributed by atoms with E-state index in [0.717, 1.165) is 17.6 Å². The Balaban J connectivity index is 2.52. The molecule has 0 spiro atoms. The molecule has 0 unspecified atom stereocenters. The van der Waals surface area contributed by atoms with Crippen LogP contribution < -0.4 is 4.74 Å². The summed E-state index contributed by atoms with van der Waals surface area (Å²) in [6, 6.07) is 5.27. The maximum atomic E-state index is 11.6. The van der Waals surface area contributed by atoms with Gasteiger partial charge in [0.05, 0.1) is 24.7 Å². The third-order valence-electron chi connectivity index (χ3n) is 2.61. The second kappa shape index (κ2) is 5.12. The molecule has 0 bridgehead atoms. The van der Waals surface area contributed by atoms with Crippen LogP contribution in [0.15, 0.2) is 22.6 Å². The number of carbonyl (C=O) groups excluding carboxylic acids is 1. The number of ether oxygens (including phenoxy) is 2. The third kappa shape index (κ3) is 2.32. The molecule has 0 fully saturated rings. The molecule has 0 radical (unpaired) electrons. The van der Waals surface area contributed by atoms with Gasteiger partial charge in [-0.05, 0) is 31.5 Å². The van der Waals surface area contributed by atoms with Crippen LogP contribution in [0.1, 0.15) is 29.5 Å². The molecule has 0 aliphatic heterocycles. The van der Waals surface area contributed by atoms with Crippen LogP contribution in [0.5, 0.6) is 5.75 Å². The maximum absolute atomic E-state index is 11.6. The topological polar surface area (TPSA) is 48.7 Å². The van der Waals surface area contributed by atoms with Crippen LogP contribution in [-0.4, -0.2) is 19.7 Å². The van der Waals surface area contributed by atoms with Crippen molar-refractivity contribution in [1.29, 1.82) is 0 Å². The van der Waals surface area contributed by atoms with Gasteiger partial charge in [-0.25, -0.2) is 4.79 Å². The molecular formula is C14H16O4. The van der Waals surface area contributed by atoms with E-state index in [1.165, 1.54) is 7.11 Å². The average molecular weight is 248 g/mol. The molecule has 1 aromatic carbocycles. The number of hydrogen-bond acceptors (Lipinski definition) is 4. The molecular weight excluding hydrogens is 232 g/mol. The first-order valence-corrected chi connectivity index (χ1v) is 5.91. The van der Waals surface area contributed by atoms with Crippen molar-refractivity contribution in [3.63, 3.8) is 0 Å². The van der Waals surface area contributed by atoms with Gasteiger partial charge >= 0.3 is 5.97 Å². The Hall–Kier alpha value is -1.97. The molecule has 0 N–H and O–H groups in total. The summed E-state index contributed by atoms with van der Waals surface area (Å²) in [5.41, 5.74) is 1.08. The molecule has 0 saturated heterocycles. The average Bonchev–Trinajstić information content (AvgIpc) is 2.75. The van der Waals surface area contributed by atoms with Gasteiger partial charge in [-0.1, -0.05) is 6.92 Å². The zero-order valence-electron chi connectivity index (χ0n) is 10.8. The second-order valence-corrected chi connectivity index (χ2v) is 4.08. The molecule has 0 atom stereocenters. The zero-order valence-corrected chi connectivity index (χ0v) is 10.8. The summed E-state index contributed by atoms with van der Waals surface area (Å²) >= 11 is 0. The highest BCUT2D eigenvalue weighted by molar-refractivity contribution is 5.96. The Bertz CT molecular complexity index is 568. The molecule has 0 amide bonds. The summed E-state index contributed by atoms with van der Waals surface area (Å²) in [5, 5.41) is 0.883. The quantitative estimate of drug-likeness (QED) is 0.779. The van der Waals surface area contributed by atoms with Gasteiger partial charge in [0.25, 0.3) is 0 Å². The minimum absolute atomic E-state index is 0.396. The number of rotatable bonds is 4. The van der Waals surface area contributed by atoms with E-state index in [-0.39, 0.29) is 0 Å². The van der Waals surface area contributed by atoms with Crippen LogP contribution in [0.3, 0.4) is 0 Å². The van der Waals surface area contributed by atoms with Crippen molar-refractivity contribution >= 4 is 16.9 Å². The van der Waals surface area contributed by atoms with Crippen LogP contribution in [0.2, 0.25) is 0 Å². The van der Waals surface area contributed by atoms with Crippen molar-refractivity contribution in [2.24, 2.45) is 0 Å². The van der Waals surface area contributed by atoms with Crippen molar-refractivity contribution in [2.75, 3.05) is 13.7 Å². The van der Waals surface area contributed by atoms with Crippen molar-refractivity contribution < 1.29 is 18.7 Å². The van der Waals surface area contributed by atoms with Crippen molar-refractivity contribution in [3.8, 4) is 5.75 Å². The standard InChI is InChI=1S/C14H16O4/c1-4-5-17-12-7-10(14(15)16-3)8-13-11(12)6-9(2)18-13/h6-8H,4-5H2,1-3H3.